The van der Waals surface area contributed by atoms with Gasteiger partial charge in [-0.1, -0.05) is 25.6 Å². The Balaban J connectivity index is 2.43. The lowest BCUT2D eigenvalue weighted by atomic mass is 10.0. The molecule has 0 aliphatic rings. The van der Waals surface area contributed by atoms with E-state index in [0.717, 1.165) is 11.8 Å². The van der Waals surface area contributed by atoms with Crippen molar-refractivity contribution in [3.8, 4) is 0 Å². The van der Waals surface area contributed by atoms with Crippen LogP contribution in [0, 0.1) is 5.92 Å². The van der Waals surface area contributed by atoms with E-state index in [0.29, 0.717) is 5.16 Å². The second kappa shape index (κ2) is 6.39. The van der Waals surface area contributed by atoms with E-state index >= 15 is 0 Å². The number of nitrogens with zero attached hydrogens (tertiary/aromatic N) is 2. The fraction of sp³-hybridized carbons (Fsp3) is 0.600. The number of nitrogens with one attached hydrogen (secondary N) is 2. The Hall–Kier alpha value is -1.57. The van der Waals surface area contributed by atoms with Crippen molar-refractivity contribution >= 4 is 29.4 Å². The van der Waals surface area contributed by atoms with E-state index in [9.17, 15) is 9.59 Å². The number of H-pyrrole nitrogens is 1. The van der Waals surface area contributed by atoms with Crippen LogP contribution < -0.4 is 11.1 Å². The second-order valence-corrected chi connectivity index (χ2v) is 5.13. The number of hydrogen-bond acceptors (Lipinski definition) is 6. The van der Waals surface area contributed by atoms with Crippen molar-refractivity contribution in [2.45, 2.75) is 32.0 Å². The fourth-order valence-electron chi connectivity index (χ4n) is 1.41. The van der Waals surface area contributed by atoms with Gasteiger partial charge in [0.1, 0.15) is 0 Å². The third-order valence-corrected chi connectivity index (χ3v) is 3.08. The lowest BCUT2D eigenvalue weighted by Gasteiger charge is -2.19. The minimum absolute atomic E-state index is 0.0505. The van der Waals surface area contributed by atoms with E-state index in [4.69, 9.17) is 5.73 Å². The summed E-state index contributed by atoms with van der Waals surface area (Å²) in [5, 5.41) is 9.37. The number of amides is 1. The molecule has 0 spiro atoms. The topological polar surface area (TPSA) is 114 Å². The Labute approximate surface area is 109 Å². The van der Waals surface area contributed by atoms with Crippen LogP contribution in [0.2, 0.25) is 0 Å². The number of thioether (sulfide) groups is 1. The number of aromatic nitrogens is 3. The summed E-state index contributed by atoms with van der Waals surface area (Å²) < 4.78 is 0. The molecule has 1 aromatic heterocycles. The highest BCUT2D eigenvalue weighted by Gasteiger charge is 2.20. The first-order valence-corrected chi connectivity index (χ1v) is 6.49. The first-order valence-electron chi connectivity index (χ1n) is 5.50. The van der Waals surface area contributed by atoms with Gasteiger partial charge in [-0.15, -0.1) is 5.10 Å². The minimum Gasteiger partial charge on any atom is -0.368 e. The number of Topliss-reactive ketones (excluding diaryl/α,β-unsaturated/α-hetero) is 1. The third kappa shape index (κ3) is 4.36. The summed E-state index contributed by atoms with van der Waals surface area (Å²) in [6, 6.07) is -0.449. The van der Waals surface area contributed by atoms with E-state index in [1.165, 1.54) is 6.92 Å². The van der Waals surface area contributed by atoms with Crippen molar-refractivity contribution in [2.75, 3.05) is 11.5 Å². The van der Waals surface area contributed by atoms with Gasteiger partial charge in [0.25, 0.3) is 0 Å². The summed E-state index contributed by atoms with van der Waals surface area (Å²) in [6.07, 6.45) is 0. The predicted molar refractivity (Wildman–Crippen MR) is 69.0 cm³/mol. The molecule has 1 rings (SSSR count). The average Bonchev–Trinajstić information content (AvgIpc) is 2.68. The van der Waals surface area contributed by atoms with Gasteiger partial charge in [-0.25, -0.2) is 5.10 Å². The van der Waals surface area contributed by atoms with Gasteiger partial charge in [-0.2, -0.15) is 4.98 Å². The number of anilines is 1. The molecule has 1 heterocycles. The Morgan fingerprint density at radius 3 is 2.61 bits per heavy atom. The molecule has 0 saturated carbocycles. The van der Waals surface area contributed by atoms with E-state index < -0.39 is 6.04 Å². The largest absolute Gasteiger partial charge is 0.368 e. The monoisotopic (exact) mass is 271 g/mol. The molecular formula is C10H17N5O2S. The maximum absolute atomic E-state index is 11.7. The average molecular weight is 271 g/mol. The molecule has 1 amide bonds. The summed E-state index contributed by atoms with van der Waals surface area (Å²) in [6.45, 7) is 5.24. The summed E-state index contributed by atoms with van der Waals surface area (Å²) in [5.41, 5.74) is 5.36. The van der Waals surface area contributed by atoms with Crippen LogP contribution in [0.1, 0.15) is 20.8 Å². The molecule has 0 bridgehead atoms. The number of aromatic amines is 1. The lowest BCUT2D eigenvalue weighted by Crippen LogP contribution is -2.44. The van der Waals surface area contributed by atoms with E-state index in [-0.39, 0.29) is 29.3 Å². The SMILES string of the molecule is CC(=O)C(NC(=O)CSc1n[nH]c(N)n1)C(C)C. The Bertz CT molecular complexity index is 432. The first-order chi connectivity index (χ1) is 8.40. The van der Waals surface area contributed by atoms with Gasteiger partial charge in [0.2, 0.25) is 17.0 Å². The molecule has 8 heteroatoms. The molecule has 7 nitrogen and oxygen atoms in total. The molecule has 1 aromatic rings. The molecule has 0 radical (unpaired) electrons. The van der Waals surface area contributed by atoms with Crippen LogP contribution in [0.5, 0.6) is 0 Å². The molecule has 1 atom stereocenters. The fourth-order valence-corrected chi connectivity index (χ4v) is 2.02. The summed E-state index contributed by atoms with van der Waals surface area (Å²) in [4.78, 5) is 26.9. The van der Waals surface area contributed by atoms with Crippen molar-refractivity contribution in [1.82, 2.24) is 20.5 Å². The molecule has 0 saturated heterocycles. The van der Waals surface area contributed by atoms with Gasteiger partial charge in [-0.05, 0) is 12.8 Å². The highest BCUT2D eigenvalue weighted by molar-refractivity contribution is 7.99. The number of nitrogens with two attached hydrogens (primary N) is 1. The Morgan fingerprint density at radius 1 is 1.50 bits per heavy atom. The van der Waals surface area contributed by atoms with E-state index in [1.807, 2.05) is 13.8 Å². The van der Waals surface area contributed by atoms with Gasteiger partial charge in [0.05, 0.1) is 11.8 Å². The highest BCUT2D eigenvalue weighted by Crippen LogP contribution is 2.12. The van der Waals surface area contributed by atoms with Gasteiger partial charge in [0, 0.05) is 0 Å². The van der Waals surface area contributed by atoms with Crippen molar-refractivity contribution in [3.63, 3.8) is 0 Å². The Morgan fingerprint density at radius 2 is 2.17 bits per heavy atom. The van der Waals surface area contributed by atoms with Crippen LogP contribution in [-0.4, -0.2) is 38.7 Å². The molecule has 4 N–H and O–H groups in total. The summed E-state index contributed by atoms with van der Waals surface area (Å²) in [7, 11) is 0. The molecule has 0 aliphatic carbocycles. The van der Waals surface area contributed by atoms with Crippen molar-refractivity contribution in [1.29, 1.82) is 0 Å². The van der Waals surface area contributed by atoms with Crippen molar-refractivity contribution in [3.05, 3.63) is 0 Å². The summed E-state index contributed by atoms with van der Waals surface area (Å²) >= 11 is 1.16. The minimum atomic E-state index is -0.449. The zero-order valence-corrected chi connectivity index (χ0v) is 11.4. The number of carbonyl (C=O) groups excluding carboxylic acids is 2. The summed E-state index contributed by atoms with van der Waals surface area (Å²) in [5.74, 6) is 0.147. The number of nitrogen functional groups attached to an aromatic ring is 1. The standard InChI is InChI=1S/C10H17N5O2S/c1-5(2)8(6(3)16)12-7(17)4-18-10-13-9(11)14-15-10/h5,8H,4H2,1-3H3,(H,12,17)(H3,11,13,14,15). The van der Waals surface area contributed by atoms with Gasteiger partial charge in [-0.3, -0.25) is 9.59 Å². The van der Waals surface area contributed by atoms with Crippen LogP contribution in [0.25, 0.3) is 0 Å². The maximum Gasteiger partial charge on any atom is 0.231 e. The van der Waals surface area contributed by atoms with E-state index in [2.05, 4.69) is 20.5 Å². The van der Waals surface area contributed by atoms with Crippen LogP contribution in [0.3, 0.4) is 0 Å². The van der Waals surface area contributed by atoms with E-state index in [1.54, 1.807) is 0 Å². The highest BCUT2D eigenvalue weighted by atomic mass is 32.2. The number of hydrogen-bond donors (Lipinski definition) is 3. The number of ketones is 1. The second-order valence-electron chi connectivity index (χ2n) is 4.19. The Kier molecular flexibility index (Phi) is 5.14. The molecule has 0 aliphatic heterocycles. The molecular weight excluding hydrogens is 254 g/mol. The van der Waals surface area contributed by atoms with Crippen molar-refractivity contribution in [2.24, 2.45) is 5.92 Å². The quantitative estimate of drug-likeness (QED) is 0.637. The zero-order chi connectivity index (χ0) is 13.7. The predicted octanol–water partition coefficient (Wildman–Crippen LogP) is 0.209. The number of rotatable bonds is 6. The molecule has 0 aromatic carbocycles. The van der Waals surface area contributed by atoms with Gasteiger partial charge >= 0.3 is 0 Å². The third-order valence-electron chi connectivity index (χ3n) is 2.24. The van der Waals surface area contributed by atoms with Gasteiger partial charge in [0.15, 0.2) is 5.78 Å². The molecule has 100 valence electrons. The van der Waals surface area contributed by atoms with Gasteiger partial charge < -0.3 is 11.1 Å². The van der Waals surface area contributed by atoms with Crippen LogP contribution >= 0.6 is 11.8 Å². The van der Waals surface area contributed by atoms with Crippen molar-refractivity contribution < 1.29 is 9.59 Å². The molecule has 1 unspecified atom stereocenters. The van der Waals surface area contributed by atoms with Crippen LogP contribution in [0.4, 0.5) is 5.95 Å². The maximum atomic E-state index is 11.7. The first kappa shape index (κ1) is 14.5. The molecule has 0 fully saturated rings. The zero-order valence-electron chi connectivity index (χ0n) is 10.6. The normalized spacial score (nSPS) is 12.4. The van der Waals surface area contributed by atoms with Crippen LogP contribution in [0.15, 0.2) is 5.16 Å². The number of carbonyl (C=O) groups is 2. The smallest absolute Gasteiger partial charge is 0.231 e. The lowest BCUT2D eigenvalue weighted by molar-refractivity contribution is -0.126. The van der Waals surface area contributed by atoms with Crippen LogP contribution in [-0.2, 0) is 9.59 Å². The molecule has 18 heavy (non-hydrogen) atoms.